The van der Waals surface area contributed by atoms with E-state index >= 15 is 0 Å². The summed E-state index contributed by atoms with van der Waals surface area (Å²) >= 11 is 0. The molecule has 12 heteroatoms. The van der Waals surface area contributed by atoms with Gasteiger partial charge in [0, 0.05) is 17.8 Å². The molecule has 0 bridgehead atoms. The quantitative estimate of drug-likeness (QED) is 0.472. The number of fused-ring (bicyclic) bond motifs is 1. The summed E-state index contributed by atoms with van der Waals surface area (Å²) in [6.07, 6.45) is -0.710. The summed E-state index contributed by atoms with van der Waals surface area (Å²) in [5.41, 5.74) is 0.149. The van der Waals surface area contributed by atoms with Gasteiger partial charge in [0.25, 0.3) is 5.91 Å². The van der Waals surface area contributed by atoms with Gasteiger partial charge in [0.2, 0.25) is 9.84 Å². The molecule has 0 saturated carbocycles. The number of nitrogens with one attached hydrogen (secondary N) is 2. The standard InChI is InChI=1S/C20H14F3N5O3S/c21-20(22,23)14-2-1-3-16(7-14)32(30,31)17-5-4-15(24-11-17)10-26-19(29)13-6-12-9-27-28-18(12)25-8-13/h1-9,11H,10H2,(H,26,29)(H,25,27,28). The summed E-state index contributed by atoms with van der Waals surface area (Å²) in [6, 6.07) is 7.70. The van der Waals surface area contributed by atoms with Crippen molar-refractivity contribution in [3.63, 3.8) is 0 Å². The first kappa shape index (κ1) is 21.4. The van der Waals surface area contributed by atoms with Gasteiger partial charge in [-0.1, -0.05) is 6.07 Å². The Kier molecular flexibility index (Phi) is 5.38. The SMILES string of the molecule is O=C(NCc1ccc(S(=O)(=O)c2cccc(C(F)(F)F)c2)cn1)c1cnc2[nH]ncc2c1. The molecule has 2 N–H and O–H groups in total. The maximum absolute atomic E-state index is 12.9. The number of hydrogen-bond donors (Lipinski definition) is 2. The summed E-state index contributed by atoms with van der Waals surface area (Å²) < 4.78 is 64.0. The first-order valence-electron chi connectivity index (χ1n) is 9.09. The summed E-state index contributed by atoms with van der Waals surface area (Å²) in [7, 11) is -4.20. The Labute approximate surface area is 179 Å². The first-order chi connectivity index (χ1) is 15.1. The van der Waals surface area contributed by atoms with Crippen molar-refractivity contribution in [1.82, 2.24) is 25.5 Å². The molecule has 1 amide bonds. The number of hydrogen-bond acceptors (Lipinski definition) is 6. The zero-order valence-electron chi connectivity index (χ0n) is 16.1. The Bertz CT molecular complexity index is 1400. The van der Waals surface area contributed by atoms with E-state index in [0.29, 0.717) is 28.4 Å². The lowest BCUT2D eigenvalue weighted by molar-refractivity contribution is -0.137. The maximum atomic E-state index is 12.9. The van der Waals surface area contributed by atoms with E-state index in [-0.39, 0.29) is 11.4 Å². The van der Waals surface area contributed by atoms with E-state index in [4.69, 9.17) is 0 Å². The predicted molar refractivity (Wildman–Crippen MR) is 106 cm³/mol. The molecule has 8 nitrogen and oxygen atoms in total. The van der Waals surface area contributed by atoms with Gasteiger partial charge in [0.1, 0.15) is 0 Å². The minimum atomic E-state index is -4.66. The van der Waals surface area contributed by atoms with Crippen LogP contribution in [0.4, 0.5) is 13.2 Å². The molecule has 0 aliphatic carbocycles. The fourth-order valence-electron chi connectivity index (χ4n) is 2.88. The van der Waals surface area contributed by atoms with Crippen LogP contribution in [-0.2, 0) is 22.6 Å². The zero-order chi connectivity index (χ0) is 22.9. The molecule has 0 spiro atoms. The van der Waals surface area contributed by atoms with Gasteiger partial charge in [-0.3, -0.25) is 14.9 Å². The van der Waals surface area contributed by atoms with E-state index in [0.717, 1.165) is 24.4 Å². The van der Waals surface area contributed by atoms with Crippen molar-refractivity contribution < 1.29 is 26.4 Å². The van der Waals surface area contributed by atoms with Gasteiger partial charge >= 0.3 is 6.18 Å². The van der Waals surface area contributed by atoms with E-state index < -0.39 is 32.4 Å². The van der Waals surface area contributed by atoms with Crippen molar-refractivity contribution in [2.45, 2.75) is 22.5 Å². The van der Waals surface area contributed by atoms with Crippen LogP contribution < -0.4 is 5.32 Å². The molecule has 0 saturated heterocycles. The Hall–Kier alpha value is -3.80. The third-order valence-electron chi connectivity index (χ3n) is 4.56. The molecule has 0 fully saturated rings. The highest BCUT2D eigenvalue weighted by molar-refractivity contribution is 7.91. The summed E-state index contributed by atoms with van der Waals surface area (Å²) in [4.78, 5) is 19.6. The third-order valence-corrected chi connectivity index (χ3v) is 6.30. The molecule has 0 radical (unpaired) electrons. The normalized spacial score (nSPS) is 12.1. The highest BCUT2D eigenvalue weighted by Crippen LogP contribution is 2.31. The Morgan fingerprint density at radius 3 is 2.53 bits per heavy atom. The maximum Gasteiger partial charge on any atom is 0.416 e. The van der Waals surface area contributed by atoms with Crippen LogP contribution in [0.1, 0.15) is 21.6 Å². The van der Waals surface area contributed by atoms with Gasteiger partial charge in [0.15, 0.2) is 5.65 Å². The predicted octanol–water partition coefficient (Wildman–Crippen LogP) is 3.13. The molecule has 3 heterocycles. The van der Waals surface area contributed by atoms with Gasteiger partial charge in [-0.25, -0.2) is 13.4 Å². The molecule has 0 aliphatic rings. The van der Waals surface area contributed by atoms with Gasteiger partial charge < -0.3 is 5.32 Å². The molecule has 4 rings (SSSR count). The van der Waals surface area contributed by atoms with Crippen LogP contribution in [0.15, 0.2) is 70.8 Å². The average Bonchev–Trinajstić information content (AvgIpc) is 3.25. The zero-order valence-corrected chi connectivity index (χ0v) is 16.9. The summed E-state index contributed by atoms with van der Waals surface area (Å²) in [5, 5.41) is 9.81. The Balaban J connectivity index is 1.47. The molecule has 1 aromatic carbocycles. The molecular weight excluding hydrogens is 447 g/mol. The number of aromatic nitrogens is 4. The van der Waals surface area contributed by atoms with Crippen molar-refractivity contribution in [3.05, 3.63) is 77.9 Å². The van der Waals surface area contributed by atoms with E-state index in [1.807, 2.05) is 0 Å². The molecule has 32 heavy (non-hydrogen) atoms. The molecule has 3 aromatic heterocycles. The van der Waals surface area contributed by atoms with E-state index in [9.17, 15) is 26.4 Å². The summed E-state index contributed by atoms with van der Waals surface area (Å²) in [5.74, 6) is -0.414. The van der Waals surface area contributed by atoms with Gasteiger partial charge in [-0.2, -0.15) is 18.3 Å². The smallest absolute Gasteiger partial charge is 0.346 e. The van der Waals surface area contributed by atoms with Crippen LogP contribution in [-0.4, -0.2) is 34.5 Å². The average molecular weight is 461 g/mol. The third kappa shape index (κ3) is 4.30. The number of halogens is 3. The molecule has 164 valence electrons. The number of alkyl halides is 3. The number of carbonyl (C=O) groups is 1. The van der Waals surface area contributed by atoms with Crippen LogP contribution >= 0.6 is 0 Å². The lowest BCUT2D eigenvalue weighted by atomic mass is 10.2. The molecule has 0 aliphatic heterocycles. The van der Waals surface area contributed by atoms with Crippen molar-refractivity contribution >= 4 is 26.8 Å². The van der Waals surface area contributed by atoms with Crippen molar-refractivity contribution in [1.29, 1.82) is 0 Å². The molecular formula is C20H14F3N5O3S. The van der Waals surface area contributed by atoms with E-state index in [1.165, 1.54) is 24.5 Å². The van der Waals surface area contributed by atoms with Crippen molar-refractivity contribution in [3.8, 4) is 0 Å². The largest absolute Gasteiger partial charge is 0.416 e. The second-order valence-corrected chi connectivity index (χ2v) is 8.68. The number of H-pyrrole nitrogens is 1. The summed E-state index contributed by atoms with van der Waals surface area (Å²) in [6.45, 7) is 0.00610. The van der Waals surface area contributed by atoms with E-state index in [2.05, 4.69) is 25.5 Å². The van der Waals surface area contributed by atoms with Crippen LogP contribution in [0.2, 0.25) is 0 Å². The monoisotopic (exact) mass is 461 g/mol. The Morgan fingerprint density at radius 2 is 1.81 bits per heavy atom. The highest BCUT2D eigenvalue weighted by Gasteiger charge is 2.32. The minimum Gasteiger partial charge on any atom is -0.346 e. The number of nitrogens with zero attached hydrogens (tertiary/aromatic N) is 3. The number of pyridine rings is 2. The van der Waals surface area contributed by atoms with Gasteiger partial charge in [0.05, 0.1) is 39.4 Å². The van der Waals surface area contributed by atoms with Gasteiger partial charge in [-0.05, 0) is 36.4 Å². The van der Waals surface area contributed by atoms with Crippen LogP contribution in [0, 0.1) is 0 Å². The molecule has 4 aromatic rings. The molecule has 0 atom stereocenters. The van der Waals surface area contributed by atoms with Crippen LogP contribution in [0.25, 0.3) is 11.0 Å². The second kappa shape index (κ2) is 8.04. The number of rotatable bonds is 5. The highest BCUT2D eigenvalue weighted by atomic mass is 32.2. The number of aromatic amines is 1. The van der Waals surface area contributed by atoms with Crippen LogP contribution in [0.3, 0.4) is 0 Å². The van der Waals surface area contributed by atoms with E-state index in [1.54, 1.807) is 6.07 Å². The number of amides is 1. The van der Waals surface area contributed by atoms with Crippen molar-refractivity contribution in [2.24, 2.45) is 0 Å². The topological polar surface area (TPSA) is 118 Å². The molecule has 0 unspecified atom stereocenters. The first-order valence-corrected chi connectivity index (χ1v) is 10.6. The lowest BCUT2D eigenvalue weighted by Gasteiger charge is -2.10. The van der Waals surface area contributed by atoms with Gasteiger partial charge in [-0.15, -0.1) is 0 Å². The van der Waals surface area contributed by atoms with Crippen molar-refractivity contribution in [2.75, 3.05) is 0 Å². The number of sulfone groups is 1. The fourth-order valence-corrected chi connectivity index (χ4v) is 4.13. The lowest BCUT2D eigenvalue weighted by Crippen LogP contribution is -2.23. The Morgan fingerprint density at radius 1 is 1.00 bits per heavy atom. The second-order valence-electron chi connectivity index (χ2n) is 6.73. The number of carbonyl (C=O) groups excluding carboxylic acids is 1. The fraction of sp³-hybridized carbons (Fsp3) is 0.100. The minimum absolute atomic E-state index is 0.00610. The number of benzene rings is 1. The van der Waals surface area contributed by atoms with Crippen LogP contribution in [0.5, 0.6) is 0 Å².